The van der Waals surface area contributed by atoms with Gasteiger partial charge < -0.3 is 11.1 Å². The number of rotatable bonds is 8. The molecule has 0 fully saturated rings. The Hall–Kier alpha value is -2.11. The van der Waals surface area contributed by atoms with E-state index in [-0.39, 0.29) is 16.7 Å². The molecule has 3 N–H and O–H groups in total. The minimum absolute atomic E-state index is 0.134. The van der Waals surface area contributed by atoms with Crippen LogP contribution in [0, 0.1) is 5.92 Å². The Bertz CT molecular complexity index is 755. The van der Waals surface area contributed by atoms with Crippen LogP contribution >= 0.6 is 23.2 Å². The first-order chi connectivity index (χ1) is 12.1. The molecule has 0 radical (unpaired) electrons. The molecule has 1 aromatic rings. The highest BCUT2D eigenvalue weighted by Gasteiger charge is 2.21. The molecule has 7 heteroatoms. The zero-order valence-electron chi connectivity index (χ0n) is 15.1. The van der Waals surface area contributed by atoms with Gasteiger partial charge in [-0.2, -0.15) is 0 Å². The fraction of sp³-hybridized carbons (Fsp3) is 0.316. The maximum Gasteiger partial charge on any atom is 0.266 e. The number of benzene rings is 1. The number of aliphatic imine (C=N–C) groups is 1. The van der Waals surface area contributed by atoms with E-state index >= 15 is 0 Å². The number of hydrogen-bond acceptors (Lipinski definition) is 3. The fourth-order valence-corrected chi connectivity index (χ4v) is 2.53. The molecule has 1 atom stereocenters. The minimum atomic E-state index is -0.763. The van der Waals surface area contributed by atoms with E-state index in [2.05, 4.69) is 16.9 Å². The summed E-state index contributed by atoms with van der Waals surface area (Å²) in [5.74, 6) is -0.890. The van der Waals surface area contributed by atoms with Crippen molar-refractivity contribution >= 4 is 46.4 Å². The van der Waals surface area contributed by atoms with E-state index < -0.39 is 17.9 Å². The Labute approximate surface area is 164 Å². The summed E-state index contributed by atoms with van der Waals surface area (Å²) in [5, 5.41) is 3.39. The van der Waals surface area contributed by atoms with Crippen molar-refractivity contribution in [3.05, 3.63) is 52.5 Å². The second-order valence-electron chi connectivity index (χ2n) is 6.17. The number of nitrogens with one attached hydrogen (secondary N) is 1. The molecule has 0 bridgehead atoms. The Morgan fingerprint density at radius 3 is 2.54 bits per heavy atom. The van der Waals surface area contributed by atoms with Gasteiger partial charge in [-0.15, -0.1) is 0 Å². The molecule has 0 heterocycles. The number of hydrogen-bond donors (Lipinski definition) is 2. The molecule has 0 aliphatic heterocycles. The van der Waals surface area contributed by atoms with Crippen molar-refractivity contribution in [3.63, 3.8) is 0 Å². The smallest absolute Gasteiger partial charge is 0.266 e. The number of halogens is 2. The molecule has 1 rings (SSSR count). The lowest BCUT2D eigenvalue weighted by Gasteiger charge is -2.17. The van der Waals surface area contributed by atoms with Crippen molar-refractivity contribution in [2.75, 3.05) is 0 Å². The van der Waals surface area contributed by atoms with Crippen LogP contribution in [0.1, 0.15) is 32.8 Å². The van der Waals surface area contributed by atoms with E-state index in [0.29, 0.717) is 22.7 Å². The van der Waals surface area contributed by atoms with Crippen LogP contribution in [0.2, 0.25) is 5.02 Å². The van der Waals surface area contributed by atoms with Gasteiger partial charge in [0.05, 0.1) is 10.7 Å². The summed E-state index contributed by atoms with van der Waals surface area (Å²) in [6, 6.07) is 6.16. The molecule has 2 amide bonds. The average Bonchev–Trinajstić information content (AvgIpc) is 2.57. The van der Waals surface area contributed by atoms with E-state index in [1.54, 1.807) is 24.3 Å². The van der Waals surface area contributed by atoms with Crippen LogP contribution in [0.5, 0.6) is 0 Å². The van der Waals surface area contributed by atoms with Crippen molar-refractivity contribution in [1.82, 2.24) is 5.32 Å². The molecule has 0 aliphatic carbocycles. The quantitative estimate of drug-likeness (QED) is 0.516. The molecular formula is C19H23Cl2N3O2. The molecule has 0 aromatic heterocycles. The van der Waals surface area contributed by atoms with E-state index in [1.165, 1.54) is 13.0 Å². The first-order valence-electron chi connectivity index (χ1n) is 8.09. The number of carbonyl (C=O) groups is 2. The van der Waals surface area contributed by atoms with Crippen molar-refractivity contribution in [3.8, 4) is 0 Å². The first kappa shape index (κ1) is 21.9. The van der Waals surface area contributed by atoms with Gasteiger partial charge >= 0.3 is 0 Å². The lowest BCUT2D eigenvalue weighted by atomic mass is 10.0. The van der Waals surface area contributed by atoms with Crippen molar-refractivity contribution in [2.45, 2.75) is 33.2 Å². The van der Waals surface area contributed by atoms with E-state index in [4.69, 9.17) is 28.9 Å². The van der Waals surface area contributed by atoms with Crippen molar-refractivity contribution < 1.29 is 9.59 Å². The standard InChI is InChI=1S/C19H23Cl2N3O2/c1-5-15(21)17(13-7-6-8-14(20)10-13)23-12(4)19(26)24-16(18(22)25)9-11(2)3/h5-8,10-11,16H,1,9H2,2-4H3,(H2,22,25)(H,24,26)/b17-15+,23-12?/t16-/m0/s1. The van der Waals surface area contributed by atoms with Crippen LogP contribution < -0.4 is 11.1 Å². The average molecular weight is 396 g/mol. The van der Waals surface area contributed by atoms with Crippen LogP contribution in [0.4, 0.5) is 0 Å². The normalized spacial score (nSPS) is 13.8. The first-order valence-corrected chi connectivity index (χ1v) is 8.84. The zero-order valence-corrected chi connectivity index (χ0v) is 16.6. The van der Waals surface area contributed by atoms with Gasteiger partial charge in [0.25, 0.3) is 5.91 Å². The molecule has 0 spiro atoms. The molecule has 5 nitrogen and oxygen atoms in total. The zero-order chi connectivity index (χ0) is 19.9. The highest BCUT2D eigenvalue weighted by Crippen LogP contribution is 2.26. The SMILES string of the molecule is C=C/C(Cl)=C(\N=C(C)C(=O)N[C@@H](CC(C)C)C(N)=O)c1cccc(Cl)c1. The maximum atomic E-state index is 12.4. The van der Waals surface area contributed by atoms with Crippen molar-refractivity contribution in [2.24, 2.45) is 16.6 Å². The van der Waals surface area contributed by atoms with Gasteiger partial charge in [0.15, 0.2) is 0 Å². The van der Waals surface area contributed by atoms with Crippen LogP contribution in [-0.2, 0) is 9.59 Å². The Morgan fingerprint density at radius 1 is 1.38 bits per heavy atom. The van der Waals surface area contributed by atoms with Gasteiger partial charge in [-0.05, 0) is 37.5 Å². The van der Waals surface area contributed by atoms with Gasteiger partial charge in [0.2, 0.25) is 5.91 Å². The summed E-state index contributed by atoms with van der Waals surface area (Å²) in [5.41, 5.74) is 6.49. The third kappa shape index (κ3) is 6.65. The molecule has 140 valence electrons. The number of amides is 2. The summed E-state index contributed by atoms with van der Waals surface area (Å²) in [6.07, 6.45) is 1.87. The largest absolute Gasteiger partial charge is 0.368 e. The predicted molar refractivity (Wildman–Crippen MR) is 108 cm³/mol. The summed E-state index contributed by atoms with van der Waals surface area (Å²) in [6.45, 7) is 9.04. The third-order valence-electron chi connectivity index (χ3n) is 3.47. The molecule has 0 unspecified atom stereocenters. The van der Waals surface area contributed by atoms with Crippen LogP contribution in [0.25, 0.3) is 5.70 Å². The Morgan fingerprint density at radius 2 is 2.04 bits per heavy atom. The molecule has 1 aromatic carbocycles. The van der Waals surface area contributed by atoms with Crippen LogP contribution in [-0.4, -0.2) is 23.6 Å². The highest BCUT2D eigenvalue weighted by molar-refractivity contribution is 6.40. The van der Waals surface area contributed by atoms with Gasteiger partial charge in [-0.1, -0.05) is 55.8 Å². The topological polar surface area (TPSA) is 84.6 Å². The molecule has 0 saturated carbocycles. The molecular weight excluding hydrogens is 373 g/mol. The van der Waals surface area contributed by atoms with Gasteiger partial charge in [-0.25, -0.2) is 4.99 Å². The number of allylic oxidation sites excluding steroid dienone is 2. The second-order valence-corrected chi connectivity index (χ2v) is 7.01. The number of nitrogens with zero attached hydrogens (tertiary/aromatic N) is 1. The summed E-state index contributed by atoms with van der Waals surface area (Å²) in [7, 11) is 0. The maximum absolute atomic E-state index is 12.4. The molecule has 26 heavy (non-hydrogen) atoms. The number of primary amides is 1. The number of carbonyl (C=O) groups excluding carboxylic acids is 2. The lowest BCUT2D eigenvalue weighted by molar-refractivity contribution is -0.124. The summed E-state index contributed by atoms with van der Waals surface area (Å²) < 4.78 is 0. The minimum Gasteiger partial charge on any atom is -0.368 e. The van der Waals surface area contributed by atoms with Gasteiger partial charge in [-0.3, -0.25) is 9.59 Å². The van der Waals surface area contributed by atoms with E-state index in [0.717, 1.165) is 0 Å². The summed E-state index contributed by atoms with van der Waals surface area (Å²) in [4.78, 5) is 28.3. The predicted octanol–water partition coefficient (Wildman–Crippen LogP) is 3.91. The van der Waals surface area contributed by atoms with E-state index in [9.17, 15) is 9.59 Å². The Balaban J connectivity index is 3.15. The lowest BCUT2D eigenvalue weighted by Crippen LogP contribution is -2.47. The second kappa shape index (κ2) is 10.1. The van der Waals surface area contributed by atoms with Crippen molar-refractivity contribution in [1.29, 1.82) is 0 Å². The number of nitrogens with two attached hydrogens (primary N) is 1. The van der Waals surface area contributed by atoms with Crippen LogP contribution in [0.3, 0.4) is 0 Å². The third-order valence-corrected chi connectivity index (χ3v) is 4.04. The fourth-order valence-electron chi connectivity index (χ4n) is 2.19. The van der Waals surface area contributed by atoms with Gasteiger partial charge in [0, 0.05) is 10.6 Å². The molecule has 0 aliphatic rings. The molecule has 0 saturated heterocycles. The monoisotopic (exact) mass is 395 g/mol. The van der Waals surface area contributed by atoms with E-state index in [1.807, 2.05) is 13.8 Å². The summed E-state index contributed by atoms with van der Waals surface area (Å²) >= 11 is 12.2. The van der Waals surface area contributed by atoms with Gasteiger partial charge in [0.1, 0.15) is 11.8 Å². The van der Waals surface area contributed by atoms with Crippen LogP contribution in [0.15, 0.2) is 46.9 Å². The Kier molecular flexibility index (Phi) is 8.55. The highest BCUT2D eigenvalue weighted by atomic mass is 35.5.